The molecule has 2 N–H and O–H groups in total. The number of rotatable bonds is 5. The molecular formula is C13H10BrF3N4O3. The molecule has 0 saturated carbocycles. The number of carboxylic acid groups (broad SMARTS) is 1. The Hall–Kier alpha value is -2.56. The summed E-state index contributed by atoms with van der Waals surface area (Å²) in [6.45, 7) is -0.713. The molecule has 7 nitrogen and oxygen atoms in total. The lowest BCUT2D eigenvalue weighted by Gasteiger charge is -2.06. The van der Waals surface area contributed by atoms with E-state index in [4.69, 9.17) is 5.11 Å². The van der Waals surface area contributed by atoms with Gasteiger partial charge in [-0.25, -0.2) is 32.0 Å². The average Bonchev–Trinajstić information content (AvgIpc) is 2.88. The summed E-state index contributed by atoms with van der Waals surface area (Å²) < 4.78 is 41.6. The maximum atomic E-state index is 13.9. The second-order valence-corrected chi connectivity index (χ2v) is 5.44. The molecule has 2 aromatic rings. The van der Waals surface area contributed by atoms with E-state index in [0.29, 0.717) is 0 Å². The van der Waals surface area contributed by atoms with Gasteiger partial charge in [0.1, 0.15) is 18.0 Å². The maximum absolute atomic E-state index is 13.9. The minimum atomic E-state index is -1.36. The van der Waals surface area contributed by atoms with Crippen LogP contribution in [0.2, 0.25) is 0 Å². The molecule has 1 amide bonds. The Morgan fingerprint density at radius 2 is 2.08 bits per heavy atom. The summed E-state index contributed by atoms with van der Waals surface area (Å²) >= 11 is 2.82. The Bertz CT molecular complexity index is 863. The van der Waals surface area contributed by atoms with Crippen LogP contribution in [0.5, 0.6) is 0 Å². The molecule has 1 heterocycles. The average molecular weight is 407 g/mol. The third-order valence-electron chi connectivity index (χ3n) is 2.96. The monoisotopic (exact) mass is 406 g/mol. The number of nitrogens with zero attached hydrogens (tertiary/aromatic N) is 3. The van der Waals surface area contributed by atoms with Gasteiger partial charge in [0.2, 0.25) is 0 Å². The summed E-state index contributed by atoms with van der Waals surface area (Å²) in [5, 5.41) is 14.1. The number of aromatic nitrogens is 3. The molecule has 0 aliphatic rings. The van der Waals surface area contributed by atoms with Crippen LogP contribution < -0.4 is 11.0 Å². The van der Waals surface area contributed by atoms with Crippen LogP contribution in [0.1, 0.15) is 0 Å². The molecule has 0 radical (unpaired) electrons. The third-order valence-corrected chi connectivity index (χ3v) is 3.56. The molecule has 0 unspecified atom stereocenters. The fourth-order valence-corrected chi connectivity index (χ4v) is 2.13. The first kappa shape index (κ1) is 17.8. The van der Waals surface area contributed by atoms with Crippen LogP contribution in [0.3, 0.4) is 0 Å². The lowest BCUT2D eigenvalue weighted by atomic mass is 10.3. The van der Waals surface area contributed by atoms with Crippen molar-refractivity contribution in [2.24, 2.45) is 0 Å². The van der Waals surface area contributed by atoms with Crippen molar-refractivity contribution >= 4 is 22.0 Å². The van der Waals surface area contributed by atoms with Crippen LogP contribution >= 0.6 is 15.9 Å². The SMILES string of the molecule is O=C(O)NC/C(=C\F)Cn1ncn(-c2cc(F)c(Br)cc2F)c1=O. The van der Waals surface area contributed by atoms with Gasteiger partial charge >= 0.3 is 11.8 Å². The molecule has 0 spiro atoms. The van der Waals surface area contributed by atoms with Gasteiger partial charge in [-0.3, -0.25) is 0 Å². The van der Waals surface area contributed by atoms with Crippen molar-refractivity contribution in [3.8, 4) is 5.69 Å². The zero-order valence-corrected chi connectivity index (χ0v) is 13.4. The van der Waals surface area contributed by atoms with E-state index in [0.717, 1.165) is 27.7 Å². The van der Waals surface area contributed by atoms with Gasteiger partial charge in [0.25, 0.3) is 0 Å². The van der Waals surface area contributed by atoms with Crippen molar-refractivity contribution in [3.63, 3.8) is 0 Å². The number of carbonyl (C=O) groups is 1. The van der Waals surface area contributed by atoms with Crippen LogP contribution in [-0.2, 0) is 6.54 Å². The Balaban J connectivity index is 2.31. The van der Waals surface area contributed by atoms with Gasteiger partial charge in [0.15, 0.2) is 0 Å². The number of halogens is 4. The topological polar surface area (TPSA) is 89.2 Å². The van der Waals surface area contributed by atoms with Crippen LogP contribution in [0.25, 0.3) is 5.69 Å². The summed E-state index contributed by atoms with van der Waals surface area (Å²) in [5.74, 6) is -1.64. The predicted molar refractivity (Wildman–Crippen MR) is 80.7 cm³/mol. The largest absolute Gasteiger partial charge is 0.465 e. The molecule has 0 atom stereocenters. The highest BCUT2D eigenvalue weighted by Gasteiger charge is 2.15. The lowest BCUT2D eigenvalue weighted by Crippen LogP contribution is -2.29. The quantitative estimate of drug-likeness (QED) is 0.744. The maximum Gasteiger partial charge on any atom is 0.404 e. The first-order valence-electron chi connectivity index (χ1n) is 6.37. The van der Waals surface area contributed by atoms with Gasteiger partial charge in [0.05, 0.1) is 23.0 Å². The highest BCUT2D eigenvalue weighted by atomic mass is 79.9. The first-order chi connectivity index (χ1) is 11.3. The van der Waals surface area contributed by atoms with E-state index in [1.54, 1.807) is 0 Å². The van der Waals surface area contributed by atoms with Gasteiger partial charge in [-0.2, -0.15) is 5.10 Å². The molecule has 0 fully saturated rings. The van der Waals surface area contributed by atoms with E-state index in [-0.39, 0.29) is 35.2 Å². The summed E-state index contributed by atoms with van der Waals surface area (Å²) in [4.78, 5) is 22.6. The molecule has 0 bridgehead atoms. The minimum absolute atomic E-state index is 0.0767. The fourth-order valence-electron chi connectivity index (χ4n) is 1.82. The standard InChI is InChI=1S/C13H10BrF3N4O3/c14-8-1-10(17)11(2-9(8)16)20-6-19-21(13(20)24)5-7(3-15)4-18-12(22)23/h1-3,6,18H,4-5H2,(H,22,23)/b7-3+. The Morgan fingerprint density at radius 1 is 1.38 bits per heavy atom. The van der Waals surface area contributed by atoms with Gasteiger partial charge in [-0.05, 0) is 27.6 Å². The van der Waals surface area contributed by atoms with Gasteiger partial charge in [-0.15, -0.1) is 0 Å². The van der Waals surface area contributed by atoms with E-state index in [9.17, 15) is 22.8 Å². The Labute approximate surface area is 141 Å². The van der Waals surface area contributed by atoms with Crippen LogP contribution in [0.4, 0.5) is 18.0 Å². The van der Waals surface area contributed by atoms with E-state index < -0.39 is 23.4 Å². The summed E-state index contributed by atoms with van der Waals surface area (Å²) in [7, 11) is 0. The van der Waals surface area contributed by atoms with Crippen molar-refractivity contribution in [1.29, 1.82) is 0 Å². The second-order valence-electron chi connectivity index (χ2n) is 4.58. The summed E-state index contributed by atoms with van der Waals surface area (Å²) in [6.07, 6.45) is -0.268. The van der Waals surface area contributed by atoms with Crippen LogP contribution in [0.15, 0.2) is 39.6 Å². The minimum Gasteiger partial charge on any atom is -0.465 e. The first-order valence-corrected chi connectivity index (χ1v) is 7.17. The number of benzene rings is 1. The van der Waals surface area contributed by atoms with E-state index in [1.165, 1.54) is 0 Å². The number of hydrogen-bond acceptors (Lipinski definition) is 3. The second kappa shape index (κ2) is 7.34. The fraction of sp³-hybridized carbons (Fsp3) is 0.154. The molecule has 128 valence electrons. The zero-order chi connectivity index (χ0) is 17.9. The van der Waals surface area contributed by atoms with Crippen LogP contribution in [-0.4, -0.2) is 32.1 Å². The number of hydrogen-bond donors (Lipinski definition) is 2. The summed E-state index contributed by atoms with van der Waals surface area (Å²) in [5.41, 5.74) is -1.28. The van der Waals surface area contributed by atoms with Gasteiger partial charge < -0.3 is 10.4 Å². The molecule has 0 aliphatic heterocycles. The van der Waals surface area contributed by atoms with Crippen LogP contribution in [0, 0.1) is 11.6 Å². The Kier molecular flexibility index (Phi) is 5.44. The molecule has 11 heteroatoms. The molecule has 1 aromatic carbocycles. The van der Waals surface area contributed by atoms with E-state index >= 15 is 0 Å². The highest BCUT2D eigenvalue weighted by molar-refractivity contribution is 9.10. The zero-order valence-electron chi connectivity index (χ0n) is 11.8. The lowest BCUT2D eigenvalue weighted by molar-refractivity contribution is 0.195. The van der Waals surface area contributed by atoms with Crippen molar-refractivity contribution in [2.45, 2.75) is 6.54 Å². The molecule has 0 saturated heterocycles. The smallest absolute Gasteiger partial charge is 0.404 e. The molecule has 0 aliphatic carbocycles. The number of amides is 1. The number of nitrogens with one attached hydrogen (secondary N) is 1. The van der Waals surface area contributed by atoms with Gasteiger partial charge in [0, 0.05) is 12.6 Å². The van der Waals surface area contributed by atoms with Crippen molar-refractivity contribution in [3.05, 3.63) is 57.0 Å². The predicted octanol–water partition coefficient (Wildman–Crippen LogP) is 2.20. The van der Waals surface area contributed by atoms with E-state index in [2.05, 4.69) is 21.0 Å². The molecular weight excluding hydrogens is 397 g/mol. The molecule has 2 rings (SSSR count). The molecule has 24 heavy (non-hydrogen) atoms. The van der Waals surface area contributed by atoms with Gasteiger partial charge in [-0.1, -0.05) is 0 Å². The third kappa shape index (κ3) is 3.85. The van der Waals surface area contributed by atoms with Crippen molar-refractivity contribution in [1.82, 2.24) is 19.7 Å². The summed E-state index contributed by atoms with van der Waals surface area (Å²) in [6, 6.07) is 1.67. The Morgan fingerprint density at radius 3 is 2.71 bits per heavy atom. The highest BCUT2D eigenvalue weighted by Crippen LogP contribution is 2.21. The van der Waals surface area contributed by atoms with E-state index in [1.807, 2.05) is 5.32 Å². The normalized spacial score (nSPS) is 11.6. The van der Waals surface area contributed by atoms with Crippen molar-refractivity contribution < 1.29 is 23.1 Å². The van der Waals surface area contributed by atoms with Crippen molar-refractivity contribution in [2.75, 3.05) is 6.54 Å². The molecule has 1 aromatic heterocycles.